The van der Waals surface area contributed by atoms with Crippen LogP contribution < -0.4 is 15.1 Å². The molecule has 0 unspecified atom stereocenters. The number of hydroxylamine groups is 2. The van der Waals surface area contributed by atoms with Gasteiger partial charge in [0.25, 0.3) is 0 Å². The molecule has 8 nitrogen and oxygen atoms in total. The Bertz CT molecular complexity index is 364. The fourth-order valence-corrected chi connectivity index (χ4v) is 1.80. The van der Waals surface area contributed by atoms with Crippen molar-refractivity contribution in [1.82, 2.24) is 10.4 Å². The second-order valence-electron chi connectivity index (χ2n) is 4.18. The van der Waals surface area contributed by atoms with Gasteiger partial charge in [-0.3, -0.25) is 9.59 Å². The molecule has 0 aromatic carbocycles. The van der Waals surface area contributed by atoms with Crippen molar-refractivity contribution < 1.29 is 23.9 Å². The van der Waals surface area contributed by atoms with Crippen LogP contribution in [0.4, 0.5) is 0 Å². The van der Waals surface area contributed by atoms with E-state index in [2.05, 4.69) is 5.32 Å². The highest BCUT2D eigenvalue weighted by Gasteiger charge is 2.29. The highest BCUT2D eigenvalue weighted by molar-refractivity contribution is 7.48. The van der Waals surface area contributed by atoms with Crippen LogP contribution in [0.1, 0.15) is 19.3 Å². The third kappa shape index (κ3) is 6.11. The fourth-order valence-electron chi connectivity index (χ4n) is 1.27. The molecule has 2 amide bonds. The molecule has 104 valence electrons. The summed E-state index contributed by atoms with van der Waals surface area (Å²) in [6.45, 7) is -0.766. The molecule has 18 heavy (non-hydrogen) atoms. The van der Waals surface area contributed by atoms with Crippen molar-refractivity contribution >= 4 is 19.4 Å². The summed E-state index contributed by atoms with van der Waals surface area (Å²) in [6.07, 6.45) is 0.732. The molecule has 0 spiro atoms. The first-order valence-corrected chi connectivity index (χ1v) is 7.28. The second kappa shape index (κ2) is 6.29. The lowest BCUT2D eigenvalue weighted by molar-refractivity contribution is -0.313. The summed E-state index contributed by atoms with van der Waals surface area (Å²) >= 11 is 0. The van der Waals surface area contributed by atoms with Crippen LogP contribution in [0, 0.1) is 11.1 Å². The summed E-state index contributed by atoms with van der Waals surface area (Å²) in [4.78, 5) is 43.0. The second-order valence-corrected chi connectivity index (χ2v) is 5.85. The third-order valence-corrected chi connectivity index (χ3v) is 3.30. The largest absolute Gasteiger partial charge is 0.811 e. The van der Waals surface area contributed by atoms with Crippen LogP contribution in [0.15, 0.2) is 0 Å². The van der Waals surface area contributed by atoms with Gasteiger partial charge >= 0.3 is 0 Å². The zero-order chi connectivity index (χ0) is 13.8. The van der Waals surface area contributed by atoms with E-state index in [4.69, 9.17) is 0 Å². The number of amides is 2. The van der Waals surface area contributed by atoms with Gasteiger partial charge in [0, 0.05) is 12.5 Å². The summed E-state index contributed by atoms with van der Waals surface area (Å²) in [7, 11) is -4.63. The molecule has 0 heterocycles. The fraction of sp³-hybridized carbons (Fsp3) is 0.778. The van der Waals surface area contributed by atoms with Gasteiger partial charge in [-0.05, 0) is 25.4 Å². The molecule has 1 aliphatic rings. The van der Waals surface area contributed by atoms with E-state index in [-0.39, 0.29) is 29.9 Å². The number of carbonyl (C=O) groups is 2. The Kier molecular flexibility index (Phi) is 5.28. The van der Waals surface area contributed by atoms with Crippen molar-refractivity contribution in [3.05, 3.63) is 5.21 Å². The highest BCUT2D eigenvalue weighted by Crippen LogP contribution is 2.28. The van der Waals surface area contributed by atoms with Gasteiger partial charge in [-0.15, -0.1) is 0 Å². The lowest BCUT2D eigenvalue weighted by Gasteiger charge is -2.33. The van der Waals surface area contributed by atoms with E-state index in [1.165, 1.54) is 0 Å². The number of nitrogens with zero attached hydrogens (tertiary/aromatic N) is 1. The van der Waals surface area contributed by atoms with Crippen molar-refractivity contribution in [2.24, 2.45) is 5.92 Å². The Morgan fingerprint density at radius 3 is 2.44 bits per heavy atom. The summed E-state index contributed by atoms with van der Waals surface area (Å²) in [5.74, 6) is -1.15. The molecule has 1 aliphatic carbocycles. The molecule has 0 aromatic rings. The smallest absolute Gasteiger partial charge is 0.231 e. The van der Waals surface area contributed by atoms with Crippen molar-refractivity contribution in [1.29, 1.82) is 0 Å². The van der Waals surface area contributed by atoms with Gasteiger partial charge < -0.3 is 29.9 Å². The quantitative estimate of drug-likeness (QED) is 0.428. The maximum atomic E-state index is 11.2. The van der Waals surface area contributed by atoms with Gasteiger partial charge in [0.15, 0.2) is 0 Å². The first kappa shape index (κ1) is 15.1. The van der Waals surface area contributed by atoms with E-state index in [0.29, 0.717) is 0 Å². The zero-order valence-corrected chi connectivity index (χ0v) is 10.6. The molecule has 0 atom stereocenters. The molecular formula is C9H14N2O6P-3. The summed E-state index contributed by atoms with van der Waals surface area (Å²) < 4.78 is 10.3. The molecule has 0 bridgehead atoms. The molecule has 9 heteroatoms. The van der Waals surface area contributed by atoms with E-state index in [1.54, 1.807) is 0 Å². The molecule has 1 N–H and O–H groups in total. The first-order chi connectivity index (χ1) is 8.29. The normalized spacial score (nSPS) is 15.3. The minimum atomic E-state index is -4.63. The topological polar surface area (TPSA) is 136 Å². The lowest BCUT2D eigenvalue weighted by Crippen LogP contribution is -2.38. The van der Waals surface area contributed by atoms with E-state index in [9.17, 15) is 29.1 Å². The predicted octanol–water partition coefficient (Wildman–Crippen LogP) is -1.86. The van der Waals surface area contributed by atoms with Crippen LogP contribution in [-0.4, -0.2) is 36.1 Å². The third-order valence-electron chi connectivity index (χ3n) is 2.43. The van der Waals surface area contributed by atoms with Crippen LogP contribution in [0.3, 0.4) is 0 Å². The number of hydrogen-bond acceptors (Lipinski definition) is 6. The Balaban J connectivity index is 2.15. The molecular weight excluding hydrogens is 263 g/mol. The standard InChI is InChI=1S/C9H16N2O6P/c12-8(6-10-9(13)7-2-3-7)11(14)4-1-5-18(15,16)17/h7H,1-6H2,(H,10,13)(H2,15,16,17)/q-1/p-2. The SMILES string of the molecule is O=C(NCC(=O)N([O-])CCCP(=O)([O-])[O-])C1CC1. The molecule has 1 fully saturated rings. The number of carbonyl (C=O) groups excluding carboxylic acids is 2. The molecule has 0 aliphatic heterocycles. The maximum absolute atomic E-state index is 11.2. The summed E-state index contributed by atoms with van der Waals surface area (Å²) in [6, 6.07) is 0. The van der Waals surface area contributed by atoms with Gasteiger partial charge in [0.2, 0.25) is 11.8 Å². The van der Waals surface area contributed by atoms with E-state index in [1.807, 2.05) is 0 Å². The van der Waals surface area contributed by atoms with Crippen LogP contribution in [-0.2, 0) is 14.2 Å². The van der Waals surface area contributed by atoms with Crippen molar-refractivity contribution in [3.63, 3.8) is 0 Å². The van der Waals surface area contributed by atoms with Gasteiger partial charge in [-0.1, -0.05) is 7.60 Å². The van der Waals surface area contributed by atoms with Crippen LogP contribution >= 0.6 is 7.60 Å². The van der Waals surface area contributed by atoms with Gasteiger partial charge in [-0.2, -0.15) is 0 Å². The first-order valence-electron chi connectivity index (χ1n) is 5.56. The number of rotatable bonds is 7. The highest BCUT2D eigenvalue weighted by atomic mass is 31.2. The maximum Gasteiger partial charge on any atom is 0.231 e. The summed E-state index contributed by atoms with van der Waals surface area (Å²) in [5.41, 5.74) is 0. The van der Waals surface area contributed by atoms with Crippen LogP contribution in [0.25, 0.3) is 0 Å². The minimum Gasteiger partial charge on any atom is -0.811 e. The Hall–Kier alpha value is -0.950. The van der Waals surface area contributed by atoms with Crippen molar-refractivity contribution in [3.8, 4) is 0 Å². The average molecular weight is 277 g/mol. The van der Waals surface area contributed by atoms with E-state index in [0.717, 1.165) is 12.8 Å². The predicted molar refractivity (Wildman–Crippen MR) is 57.9 cm³/mol. The average Bonchev–Trinajstić information content (AvgIpc) is 3.07. The van der Waals surface area contributed by atoms with Crippen molar-refractivity contribution in [2.75, 3.05) is 19.3 Å². The molecule has 0 saturated heterocycles. The zero-order valence-electron chi connectivity index (χ0n) is 9.66. The number of nitrogens with one attached hydrogen (secondary N) is 1. The van der Waals surface area contributed by atoms with Crippen LogP contribution in [0.2, 0.25) is 0 Å². The Morgan fingerprint density at radius 1 is 1.33 bits per heavy atom. The van der Waals surface area contributed by atoms with E-state index < -0.39 is 26.2 Å². The minimum absolute atomic E-state index is 0.0512. The lowest BCUT2D eigenvalue weighted by atomic mass is 10.4. The molecule has 0 radical (unpaired) electrons. The number of hydrogen-bond donors (Lipinski definition) is 1. The Morgan fingerprint density at radius 2 is 1.94 bits per heavy atom. The Labute approximate surface area is 104 Å². The monoisotopic (exact) mass is 277 g/mol. The molecule has 0 aromatic heterocycles. The molecule has 1 rings (SSSR count). The van der Waals surface area contributed by atoms with Gasteiger partial charge in [-0.25, -0.2) is 0 Å². The summed E-state index contributed by atoms with van der Waals surface area (Å²) in [5, 5.41) is 13.5. The van der Waals surface area contributed by atoms with Gasteiger partial charge in [0.05, 0.1) is 6.54 Å². The van der Waals surface area contributed by atoms with Gasteiger partial charge in [0.1, 0.15) is 0 Å². The van der Waals surface area contributed by atoms with Crippen molar-refractivity contribution in [2.45, 2.75) is 19.3 Å². The van der Waals surface area contributed by atoms with E-state index >= 15 is 0 Å². The van der Waals surface area contributed by atoms with Crippen LogP contribution in [0.5, 0.6) is 0 Å². The molecule has 1 saturated carbocycles.